The van der Waals surface area contributed by atoms with E-state index in [9.17, 15) is 0 Å². The van der Waals surface area contributed by atoms with E-state index in [0.29, 0.717) is 157 Å². The average Bonchev–Trinajstić information content (AvgIpc) is 3.01. The molecule has 0 bridgehead atoms. The summed E-state index contributed by atoms with van der Waals surface area (Å²) in [5.74, 6) is 0.669. The highest BCUT2D eigenvalue weighted by atomic mass is 28.4. The molecule has 0 radical (unpaired) electrons. The number of ether oxygens (including phenoxy) is 11. The molecule has 0 heterocycles. The number of nitrogens with two attached hydrogens (primary N) is 1. The Morgan fingerprint density at radius 1 is 0.400 bits per heavy atom. The number of anilines is 1. The summed E-state index contributed by atoms with van der Waals surface area (Å²) in [5, 5.41) is 0. The van der Waals surface area contributed by atoms with Crippen LogP contribution >= 0.6 is 0 Å². The topological polar surface area (TPSA) is 137 Å². The van der Waals surface area contributed by atoms with Crippen LogP contribution in [0.4, 0.5) is 5.69 Å². The van der Waals surface area contributed by atoms with Gasteiger partial charge in [0.15, 0.2) is 8.32 Å². The lowest BCUT2D eigenvalue weighted by Gasteiger charge is -2.16. The molecule has 0 amide bonds. The lowest BCUT2D eigenvalue weighted by molar-refractivity contribution is -0.0270. The van der Waals surface area contributed by atoms with E-state index < -0.39 is 8.32 Å². The van der Waals surface area contributed by atoms with Gasteiger partial charge in [0.1, 0.15) is 12.4 Å². The Kier molecular flexibility index (Phi) is 28.9. The van der Waals surface area contributed by atoms with Crippen molar-refractivity contribution in [2.24, 2.45) is 0 Å². The molecule has 264 valence electrons. The number of para-hydroxylation sites is 2. The van der Waals surface area contributed by atoms with Gasteiger partial charge < -0.3 is 62.3 Å². The molecule has 1 rings (SSSR count). The highest BCUT2D eigenvalue weighted by Crippen LogP contribution is 2.19. The molecule has 1 aromatic carbocycles. The van der Waals surface area contributed by atoms with Crippen molar-refractivity contribution in [3.63, 3.8) is 0 Å². The number of benzene rings is 1. The maximum Gasteiger partial charge on any atom is 0.183 e. The number of nitrogen functional groups attached to an aromatic ring is 1. The summed E-state index contributed by atoms with van der Waals surface area (Å²) in [5.41, 5.74) is 6.44. The Bertz CT molecular complexity index is 760. The third-order valence-electron chi connectivity index (χ3n) is 5.52. The molecular formula is C31H59NO12Si. The summed E-state index contributed by atoms with van der Waals surface area (Å²) in [6.45, 7) is 18.0. The maximum absolute atomic E-state index is 5.82. The Morgan fingerprint density at radius 2 is 0.667 bits per heavy atom. The van der Waals surface area contributed by atoms with Crippen LogP contribution in [0.15, 0.2) is 24.3 Å². The van der Waals surface area contributed by atoms with Crippen molar-refractivity contribution in [2.45, 2.75) is 19.6 Å². The van der Waals surface area contributed by atoms with Gasteiger partial charge >= 0.3 is 0 Å². The number of hydrogen-bond donors (Lipinski definition) is 1. The van der Waals surface area contributed by atoms with Gasteiger partial charge in [0, 0.05) is 0 Å². The zero-order valence-electron chi connectivity index (χ0n) is 27.8. The van der Waals surface area contributed by atoms with Crippen LogP contribution in [0.2, 0.25) is 19.6 Å². The second-order valence-electron chi connectivity index (χ2n) is 10.5. The fourth-order valence-corrected chi connectivity index (χ4v) is 4.01. The molecule has 0 unspecified atom stereocenters. The van der Waals surface area contributed by atoms with Gasteiger partial charge in [-0.05, 0) is 31.8 Å². The van der Waals surface area contributed by atoms with Crippen LogP contribution in [0.1, 0.15) is 0 Å². The Balaban J connectivity index is 1.64. The van der Waals surface area contributed by atoms with E-state index in [1.807, 2.05) is 18.2 Å². The molecule has 0 aliphatic carbocycles. The first-order chi connectivity index (χ1) is 22.0. The Hall–Kier alpha value is -1.40. The van der Waals surface area contributed by atoms with Gasteiger partial charge in [-0.1, -0.05) is 12.1 Å². The maximum atomic E-state index is 5.82. The molecule has 0 fully saturated rings. The van der Waals surface area contributed by atoms with E-state index in [1.54, 1.807) is 6.07 Å². The van der Waals surface area contributed by atoms with E-state index in [-0.39, 0.29) is 0 Å². The van der Waals surface area contributed by atoms with Gasteiger partial charge in [-0.3, -0.25) is 0 Å². The minimum Gasteiger partial charge on any atom is -0.489 e. The minimum absolute atomic E-state index is 0.439. The van der Waals surface area contributed by atoms with Gasteiger partial charge in [-0.25, -0.2) is 0 Å². The van der Waals surface area contributed by atoms with Crippen LogP contribution in [-0.2, 0) is 51.8 Å². The molecular weight excluding hydrogens is 606 g/mol. The van der Waals surface area contributed by atoms with E-state index in [2.05, 4.69) is 19.6 Å². The summed E-state index contributed by atoms with van der Waals surface area (Å²) in [6, 6.07) is 7.38. The summed E-state index contributed by atoms with van der Waals surface area (Å²) < 4.78 is 66.0. The van der Waals surface area contributed by atoms with Crippen molar-refractivity contribution in [1.82, 2.24) is 0 Å². The lowest BCUT2D eigenvalue weighted by atomic mass is 10.3. The molecule has 0 saturated heterocycles. The average molecular weight is 666 g/mol. The fraction of sp³-hybridized carbons (Fsp3) is 0.806. The summed E-state index contributed by atoms with van der Waals surface area (Å²) in [4.78, 5) is 0. The zero-order chi connectivity index (χ0) is 32.5. The van der Waals surface area contributed by atoms with Crippen LogP contribution in [-0.4, -0.2) is 154 Å². The Morgan fingerprint density at radius 3 is 0.956 bits per heavy atom. The molecule has 0 spiro atoms. The third kappa shape index (κ3) is 31.0. The summed E-state index contributed by atoms with van der Waals surface area (Å²) in [6.07, 6.45) is 0. The van der Waals surface area contributed by atoms with Crippen molar-refractivity contribution in [3.05, 3.63) is 24.3 Å². The molecule has 0 atom stereocenters. The van der Waals surface area contributed by atoms with E-state index in [1.165, 1.54) is 0 Å². The first-order valence-electron chi connectivity index (χ1n) is 15.9. The van der Waals surface area contributed by atoms with Crippen LogP contribution in [0.3, 0.4) is 0 Å². The van der Waals surface area contributed by atoms with E-state index in [4.69, 9.17) is 62.3 Å². The molecule has 1 aromatic rings. The van der Waals surface area contributed by atoms with Crippen molar-refractivity contribution in [2.75, 3.05) is 151 Å². The fourth-order valence-electron chi connectivity index (χ4n) is 3.31. The summed E-state index contributed by atoms with van der Waals surface area (Å²) >= 11 is 0. The molecule has 0 aromatic heterocycles. The predicted octanol–water partition coefficient (Wildman–Crippen LogP) is 2.67. The van der Waals surface area contributed by atoms with Crippen LogP contribution in [0, 0.1) is 0 Å². The molecule has 0 aliphatic rings. The second-order valence-corrected chi connectivity index (χ2v) is 15.0. The second kappa shape index (κ2) is 31.2. The van der Waals surface area contributed by atoms with Crippen molar-refractivity contribution in [3.8, 4) is 5.75 Å². The Labute approximate surface area is 271 Å². The minimum atomic E-state index is -1.45. The first-order valence-corrected chi connectivity index (χ1v) is 19.3. The van der Waals surface area contributed by atoms with Crippen molar-refractivity contribution >= 4 is 14.0 Å². The molecule has 2 N–H and O–H groups in total. The van der Waals surface area contributed by atoms with Crippen LogP contribution in [0.25, 0.3) is 0 Å². The van der Waals surface area contributed by atoms with E-state index >= 15 is 0 Å². The molecule has 0 aliphatic heterocycles. The quantitative estimate of drug-likeness (QED) is 0.0647. The van der Waals surface area contributed by atoms with Crippen LogP contribution in [0.5, 0.6) is 5.75 Å². The smallest absolute Gasteiger partial charge is 0.183 e. The molecule has 45 heavy (non-hydrogen) atoms. The highest BCUT2D eigenvalue weighted by Gasteiger charge is 2.13. The van der Waals surface area contributed by atoms with Crippen molar-refractivity contribution in [1.29, 1.82) is 0 Å². The van der Waals surface area contributed by atoms with Gasteiger partial charge in [0.05, 0.1) is 144 Å². The predicted molar refractivity (Wildman–Crippen MR) is 174 cm³/mol. The first kappa shape index (κ1) is 41.6. The molecule has 13 nitrogen and oxygen atoms in total. The SMILES string of the molecule is C[Si](C)(C)OCCOCCOCCOCCOCCOCCOCCOCCOCCOCCOCCOc1ccccc1N. The van der Waals surface area contributed by atoms with Crippen LogP contribution < -0.4 is 10.5 Å². The zero-order valence-corrected chi connectivity index (χ0v) is 28.8. The van der Waals surface area contributed by atoms with E-state index in [0.717, 1.165) is 0 Å². The van der Waals surface area contributed by atoms with Gasteiger partial charge in [0.2, 0.25) is 0 Å². The lowest BCUT2D eigenvalue weighted by Crippen LogP contribution is -2.27. The highest BCUT2D eigenvalue weighted by molar-refractivity contribution is 6.69. The largest absolute Gasteiger partial charge is 0.489 e. The molecule has 14 heteroatoms. The standard InChI is InChI=1S/C31H59NO12Si/c1-45(2,3)44-29-27-42-25-23-40-21-19-38-17-15-36-13-11-34-9-8-33-10-12-35-14-16-37-18-20-39-22-24-41-26-28-43-31-7-5-4-6-30(31)32/h4-7H,8-29,32H2,1-3H3. The normalized spacial score (nSPS) is 11.8. The number of rotatable bonds is 35. The molecule has 0 saturated carbocycles. The van der Waals surface area contributed by atoms with Gasteiger partial charge in [-0.2, -0.15) is 0 Å². The third-order valence-corrected chi connectivity index (χ3v) is 6.59. The monoisotopic (exact) mass is 665 g/mol. The van der Waals surface area contributed by atoms with Gasteiger partial charge in [-0.15, -0.1) is 0 Å². The summed E-state index contributed by atoms with van der Waals surface area (Å²) in [7, 11) is -1.45. The number of hydrogen-bond acceptors (Lipinski definition) is 13. The van der Waals surface area contributed by atoms with Crippen molar-refractivity contribution < 1.29 is 56.5 Å². The van der Waals surface area contributed by atoms with Gasteiger partial charge in [0.25, 0.3) is 0 Å².